The molecule has 0 amide bonds. The molecule has 1 atom stereocenters. The van der Waals surface area contributed by atoms with E-state index < -0.39 is 16.1 Å². The molecular formula is C13H21N3O4S. The van der Waals surface area contributed by atoms with Crippen LogP contribution in [-0.2, 0) is 14.8 Å². The van der Waals surface area contributed by atoms with Gasteiger partial charge in [-0.3, -0.25) is 0 Å². The highest BCUT2D eigenvalue weighted by Gasteiger charge is 2.30. The van der Waals surface area contributed by atoms with E-state index in [-0.39, 0.29) is 6.54 Å². The van der Waals surface area contributed by atoms with Gasteiger partial charge in [0.25, 0.3) is 0 Å². The van der Waals surface area contributed by atoms with Gasteiger partial charge in [0.1, 0.15) is 6.10 Å². The van der Waals surface area contributed by atoms with Gasteiger partial charge in [-0.25, -0.2) is 8.42 Å². The van der Waals surface area contributed by atoms with Gasteiger partial charge in [0, 0.05) is 19.2 Å². The second-order valence-electron chi connectivity index (χ2n) is 4.97. The Morgan fingerprint density at radius 3 is 2.71 bits per heavy atom. The van der Waals surface area contributed by atoms with Gasteiger partial charge >= 0.3 is 0 Å². The van der Waals surface area contributed by atoms with Crippen molar-refractivity contribution >= 4 is 16.1 Å². The summed E-state index contributed by atoms with van der Waals surface area (Å²) >= 11 is 0. The van der Waals surface area contributed by atoms with Crippen LogP contribution in [0.2, 0.25) is 0 Å². The van der Waals surface area contributed by atoms with Gasteiger partial charge in [-0.15, -0.1) is 10.2 Å². The predicted molar refractivity (Wildman–Crippen MR) is 78.0 cm³/mol. The largest absolute Gasteiger partial charge is 0.418 e. The molecule has 21 heavy (non-hydrogen) atoms. The van der Waals surface area contributed by atoms with Crippen LogP contribution in [0.5, 0.6) is 0 Å². The Hall–Kier alpha value is -1.25. The van der Waals surface area contributed by atoms with E-state index in [1.165, 1.54) is 16.1 Å². The summed E-state index contributed by atoms with van der Waals surface area (Å²) in [6.45, 7) is 5.02. The first kappa shape index (κ1) is 16.1. The first-order valence-corrected chi connectivity index (χ1v) is 8.88. The smallest absolute Gasteiger partial charge is 0.246 e. The fourth-order valence-electron chi connectivity index (χ4n) is 2.14. The van der Waals surface area contributed by atoms with Crippen molar-refractivity contribution in [3.8, 4) is 0 Å². The van der Waals surface area contributed by atoms with Gasteiger partial charge in [0.05, 0.1) is 12.9 Å². The molecule has 1 aliphatic heterocycles. The number of sulfonamides is 1. The molecule has 0 aromatic carbocycles. The molecule has 0 radical (unpaired) electrons. The lowest BCUT2D eigenvalue weighted by Gasteiger charge is -2.29. The van der Waals surface area contributed by atoms with E-state index in [4.69, 9.17) is 9.15 Å². The fourth-order valence-corrected chi connectivity index (χ4v) is 2.95. The molecule has 7 nitrogen and oxygen atoms in total. The Labute approximate surface area is 125 Å². The van der Waals surface area contributed by atoms with Crippen LogP contribution in [0.4, 0.5) is 0 Å². The van der Waals surface area contributed by atoms with E-state index in [2.05, 4.69) is 24.0 Å². The molecule has 0 bridgehead atoms. The number of aromatic nitrogens is 2. The van der Waals surface area contributed by atoms with Crippen molar-refractivity contribution in [3.05, 3.63) is 17.4 Å². The number of hydrogen-bond acceptors (Lipinski definition) is 6. The summed E-state index contributed by atoms with van der Waals surface area (Å²) in [5.74, 6) is 0.755. The van der Waals surface area contributed by atoms with Crippen LogP contribution in [0, 0.1) is 0 Å². The number of rotatable bonds is 5. The molecule has 1 aromatic rings. The van der Waals surface area contributed by atoms with E-state index in [1.54, 1.807) is 0 Å². The van der Waals surface area contributed by atoms with Gasteiger partial charge in [-0.2, -0.15) is 4.31 Å². The van der Waals surface area contributed by atoms with Gasteiger partial charge in [0.2, 0.25) is 21.8 Å². The summed E-state index contributed by atoms with van der Waals surface area (Å²) in [4.78, 5) is 0. The first-order chi connectivity index (χ1) is 9.94. The maximum Gasteiger partial charge on any atom is 0.246 e. The van der Waals surface area contributed by atoms with Crippen molar-refractivity contribution < 1.29 is 17.6 Å². The minimum atomic E-state index is -3.24. The molecule has 118 valence electrons. The highest BCUT2D eigenvalue weighted by Crippen LogP contribution is 2.23. The molecule has 0 spiro atoms. The van der Waals surface area contributed by atoms with E-state index in [9.17, 15) is 8.42 Å². The van der Waals surface area contributed by atoms with E-state index in [0.717, 1.165) is 12.8 Å². The second kappa shape index (κ2) is 6.67. The summed E-state index contributed by atoms with van der Waals surface area (Å²) in [5.41, 5.74) is 1.22. The fraction of sp³-hybridized carbons (Fsp3) is 0.692. The van der Waals surface area contributed by atoms with Crippen molar-refractivity contribution in [3.63, 3.8) is 0 Å². The quantitative estimate of drug-likeness (QED) is 0.820. The number of nitrogens with zero attached hydrogens (tertiary/aromatic N) is 3. The Bertz CT molecular complexity index is 603. The van der Waals surface area contributed by atoms with Crippen LogP contribution in [0.15, 0.2) is 9.99 Å². The molecule has 2 heterocycles. The number of morpholine rings is 1. The van der Waals surface area contributed by atoms with Gasteiger partial charge in [0.15, 0.2) is 0 Å². The van der Waals surface area contributed by atoms with E-state index in [0.29, 0.717) is 24.9 Å². The molecule has 2 rings (SSSR count). The SMILES string of the molecule is CCC(=Cc1nnc([C@H]2CN(S(C)(=O)=O)CCO2)o1)CC. The van der Waals surface area contributed by atoms with Crippen LogP contribution in [0.1, 0.15) is 44.6 Å². The molecule has 0 saturated carbocycles. The zero-order valence-corrected chi connectivity index (χ0v) is 13.4. The third kappa shape index (κ3) is 4.12. The Balaban J connectivity index is 2.12. The predicted octanol–water partition coefficient (Wildman–Crippen LogP) is 1.61. The molecule has 0 unspecified atom stereocenters. The van der Waals surface area contributed by atoms with Crippen LogP contribution in [0.25, 0.3) is 6.08 Å². The Morgan fingerprint density at radius 1 is 1.38 bits per heavy atom. The molecule has 1 aliphatic rings. The summed E-state index contributed by atoms with van der Waals surface area (Å²) in [6, 6.07) is 0. The van der Waals surface area contributed by atoms with Gasteiger partial charge in [-0.05, 0) is 12.8 Å². The third-order valence-corrected chi connectivity index (χ3v) is 4.74. The van der Waals surface area contributed by atoms with Crippen LogP contribution in [0.3, 0.4) is 0 Å². The van der Waals surface area contributed by atoms with Crippen molar-refractivity contribution in [2.24, 2.45) is 0 Å². The highest BCUT2D eigenvalue weighted by molar-refractivity contribution is 7.88. The van der Waals surface area contributed by atoms with E-state index in [1.807, 2.05) is 6.08 Å². The maximum atomic E-state index is 11.6. The lowest BCUT2D eigenvalue weighted by molar-refractivity contribution is -0.0172. The third-order valence-electron chi connectivity index (χ3n) is 3.47. The number of hydrogen-bond donors (Lipinski definition) is 0. The lowest BCUT2D eigenvalue weighted by Crippen LogP contribution is -2.41. The van der Waals surface area contributed by atoms with Crippen molar-refractivity contribution in [1.82, 2.24) is 14.5 Å². The van der Waals surface area contributed by atoms with Gasteiger partial charge in [-0.1, -0.05) is 19.4 Å². The van der Waals surface area contributed by atoms with Crippen LogP contribution < -0.4 is 0 Å². The Kier molecular flexibility index (Phi) is 5.13. The minimum absolute atomic E-state index is 0.207. The zero-order valence-electron chi connectivity index (χ0n) is 12.6. The second-order valence-corrected chi connectivity index (χ2v) is 6.95. The van der Waals surface area contributed by atoms with Crippen LogP contribution in [-0.4, -0.2) is 48.9 Å². The molecule has 1 saturated heterocycles. The minimum Gasteiger partial charge on any atom is -0.418 e. The summed E-state index contributed by atoms with van der Waals surface area (Å²) in [6.07, 6.45) is 4.40. The molecular weight excluding hydrogens is 294 g/mol. The topological polar surface area (TPSA) is 85.5 Å². The van der Waals surface area contributed by atoms with Crippen LogP contribution >= 0.6 is 0 Å². The highest BCUT2D eigenvalue weighted by atomic mass is 32.2. The summed E-state index contributed by atoms with van der Waals surface area (Å²) in [7, 11) is -3.24. The lowest BCUT2D eigenvalue weighted by atomic mass is 10.1. The standard InChI is InChI=1S/C13H21N3O4S/c1-4-10(5-2)8-12-14-15-13(20-12)11-9-16(6-7-19-11)21(3,17)18/h8,11H,4-7,9H2,1-3H3/t11-/m1/s1. The average Bonchev–Trinajstić information content (AvgIpc) is 2.92. The number of ether oxygens (including phenoxy) is 1. The summed E-state index contributed by atoms with van der Waals surface area (Å²) in [5, 5.41) is 7.94. The molecule has 8 heteroatoms. The van der Waals surface area contributed by atoms with Crippen molar-refractivity contribution in [1.29, 1.82) is 0 Å². The molecule has 1 fully saturated rings. The van der Waals surface area contributed by atoms with Gasteiger partial charge < -0.3 is 9.15 Å². The monoisotopic (exact) mass is 315 g/mol. The summed E-state index contributed by atoms with van der Waals surface area (Å²) < 4.78 is 35.6. The van der Waals surface area contributed by atoms with E-state index >= 15 is 0 Å². The van der Waals surface area contributed by atoms with Crippen molar-refractivity contribution in [2.75, 3.05) is 26.0 Å². The normalized spacial score (nSPS) is 20.4. The molecule has 0 N–H and O–H groups in total. The molecule has 0 aliphatic carbocycles. The number of allylic oxidation sites excluding steroid dienone is 1. The maximum absolute atomic E-state index is 11.6. The molecule has 1 aromatic heterocycles. The first-order valence-electron chi connectivity index (χ1n) is 7.03. The van der Waals surface area contributed by atoms with Crippen molar-refractivity contribution in [2.45, 2.75) is 32.8 Å². The zero-order chi connectivity index (χ0) is 15.5. The average molecular weight is 315 g/mol. The Morgan fingerprint density at radius 2 is 2.10 bits per heavy atom.